The molecule has 1 fully saturated rings. The maximum atomic E-state index is 11.9. The maximum Gasteiger partial charge on any atom is 0.407 e. The molecule has 1 aromatic rings. The van der Waals surface area contributed by atoms with E-state index in [4.69, 9.17) is 4.74 Å². The summed E-state index contributed by atoms with van der Waals surface area (Å²) in [7, 11) is 0. The summed E-state index contributed by atoms with van der Waals surface area (Å²) in [5.41, 5.74) is 2.36. The van der Waals surface area contributed by atoms with Crippen LogP contribution in [-0.4, -0.2) is 43.1 Å². The first-order valence-electron chi connectivity index (χ1n) is 9.44. The van der Waals surface area contributed by atoms with Gasteiger partial charge >= 0.3 is 6.09 Å². The summed E-state index contributed by atoms with van der Waals surface area (Å²) >= 11 is 0. The van der Waals surface area contributed by atoms with Crippen molar-refractivity contribution in [1.29, 1.82) is 0 Å². The Hall–Kier alpha value is -2.08. The van der Waals surface area contributed by atoms with Gasteiger partial charge in [-0.05, 0) is 36.3 Å². The number of rotatable bonds is 7. The zero-order valence-corrected chi connectivity index (χ0v) is 16.1. The number of carbonyl (C=O) groups is 2. The number of alkyl carbamates (subject to hydrolysis) is 1. The standard InChI is InChI=1S/C20H31N3O3/c1-4-26-20(25)22-11-19(24)21-10-17-7-5-6-8-18(17)14-23-12-15(2)9-16(3)13-23/h5-8,15-16H,4,9-14H2,1-3H3,(H,21,24)(H,22,25)/t15-,16-/m0/s1. The molecule has 0 aliphatic carbocycles. The lowest BCUT2D eigenvalue weighted by atomic mass is 9.91. The number of nitrogens with one attached hydrogen (secondary N) is 2. The normalized spacial score (nSPS) is 20.4. The number of hydrogen-bond acceptors (Lipinski definition) is 4. The molecule has 1 heterocycles. The van der Waals surface area contributed by atoms with Crippen molar-refractivity contribution in [1.82, 2.24) is 15.5 Å². The third kappa shape index (κ3) is 6.67. The second kappa shape index (κ2) is 10.2. The Bertz CT molecular complexity index is 596. The van der Waals surface area contributed by atoms with E-state index < -0.39 is 6.09 Å². The molecule has 1 aromatic carbocycles. The van der Waals surface area contributed by atoms with E-state index in [1.54, 1.807) is 6.92 Å². The number of hydrogen-bond donors (Lipinski definition) is 2. The first kappa shape index (κ1) is 20.2. The van der Waals surface area contributed by atoms with E-state index in [1.807, 2.05) is 18.2 Å². The smallest absolute Gasteiger partial charge is 0.407 e. The van der Waals surface area contributed by atoms with Gasteiger partial charge in [-0.1, -0.05) is 38.1 Å². The van der Waals surface area contributed by atoms with Gasteiger partial charge in [0.25, 0.3) is 0 Å². The van der Waals surface area contributed by atoms with E-state index in [0.29, 0.717) is 6.54 Å². The predicted octanol–water partition coefficient (Wildman–Crippen LogP) is 2.53. The Morgan fingerprint density at radius 2 is 1.77 bits per heavy atom. The average molecular weight is 361 g/mol. The second-order valence-corrected chi connectivity index (χ2v) is 7.26. The highest BCUT2D eigenvalue weighted by molar-refractivity contribution is 5.82. The summed E-state index contributed by atoms with van der Waals surface area (Å²) in [6.07, 6.45) is 0.721. The lowest BCUT2D eigenvalue weighted by Crippen LogP contribution is -2.39. The van der Waals surface area contributed by atoms with Crippen molar-refractivity contribution >= 4 is 12.0 Å². The summed E-state index contributed by atoms with van der Waals surface area (Å²) in [6, 6.07) is 8.20. The molecule has 0 spiro atoms. The molecule has 2 atom stereocenters. The molecule has 0 unspecified atom stereocenters. The van der Waals surface area contributed by atoms with Gasteiger partial charge < -0.3 is 15.4 Å². The van der Waals surface area contributed by atoms with Gasteiger partial charge in [-0.25, -0.2) is 4.79 Å². The van der Waals surface area contributed by atoms with Gasteiger partial charge in [-0.2, -0.15) is 0 Å². The Balaban J connectivity index is 1.86. The molecule has 0 radical (unpaired) electrons. The van der Waals surface area contributed by atoms with Crippen LogP contribution in [0.15, 0.2) is 24.3 Å². The molecule has 144 valence electrons. The molecule has 1 saturated heterocycles. The Morgan fingerprint density at radius 1 is 1.12 bits per heavy atom. The van der Waals surface area contributed by atoms with Crippen LogP contribution in [0.4, 0.5) is 4.79 Å². The average Bonchev–Trinajstić information content (AvgIpc) is 2.58. The monoisotopic (exact) mass is 361 g/mol. The van der Waals surface area contributed by atoms with Crippen LogP contribution in [0.25, 0.3) is 0 Å². The van der Waals surface area contributed by atoms with Gasteiger partial charge in [-0.3, -0.25) is 9.69 Å². The molecule has 0 aromatic heterocycles. The van der Waals surface area contributed by atoms with Crippen molar-refractivity contribution in [2.24, 2.45) is 11.8 Å². The van der Waals surface area contributed by atoms with Gasteiger partial charge in [-0.15, -0.1) is 0 Å². The highest BCUT2D eigenvalue weighted by Crippen LogP contribution is 2.23. The lowest BCUT2D eigenvalue weighted by molar-refractivity contribution is -0.120. The van der Waals surface area contributed by atoms with Crippen LogP contribution < -0.4 is 10.6 Å². The van der Waals surface area contributed by atoms with Crippen molar-refractivity contribution in [3.8, 4) is 0 Å². The lowest BCUT2D eigenvalue weighted by Gasteiger charge is -2.35. The van der Waals surface area contributed by atoms with E-state index in [1.165, 1.54) is 12.0 Å². The summed E-state index contributed by atoms with van der Waals surface area (Å²) in [5, 5.41) is 5.29. The fourth-order valence-corrected chi connectivity index (χ4v) is 3.64. The molecular formula is C20H31N3O3. The van der Waals surface area contributed by atoms with Gasteiger partial charge in [0.05, 0.1) is 6.61 Å². The summed E-state index contributed by atoms with van der Waals surface area (Å²) in [5.74, 6) is 1.22. The van der Waals surface area contributed by atoms with Gasteiger partial charge in [0, 0.05) is 26.2 Å². The number of likely N-dealkylation sites (tertiary alicyclic amines) is 1. The van der Waals surface area contributed by atoms with Gasteiger partial charge in [0.2, 0.25) is 5.91 Å². The number of ether oxygens (including phenoxy) is 1. The molecule has 0 bridgehead atoms. The number of benzene rings is 1. The molecule has 1 aliphatic heterocycles. The highest BCUT2D eigenvalue weighted by atomic mass is 16.5. The summed E-state index contributed by atoms with van der Waals surface area (Å²) in [4.78, 5) is 25.7. The van der Waals surface area contributed by atoms with Crippen LogP contribution in [0.3, 0.4) is 0 Å². The SMILES string of the molecule is CCOC(=O)NCC(=O)NCc1ccccc1CN1C[C@@H](C)C[C@H](C)C1. The summed E-state index contributed by atoms with van der Waals surface area (Å²) in [6.45, 7) is 10.1. The summed E-state index contributed by atoms with van der Waals surface area (Å²) < 4.78 is 4.74. The topological polar surface area (TPSA) is 70.7 Å². The fourth-order valence-electron chi connectivity index (χ4n) is 3.64. The molecule has 2 amide bonds. The predicted molar refractivity (Wildman–Crippen MR) is 102 cm³/mol. The molecular weight excluding hydrogens is 330 g/mol. The Labute approximate surface area is 156 Å². The largest absolute Gasteiger partial charge is 0.450 e. The first-order valence-corrected chi connectivity index (χ1v) is 9.44. The van der Waals surface area contributed by atoms with E-state index in [-0.39, 0.29) is 19.1 Å². The van der Waals surface area contributed by atoms with Crippen molar-refractivity contribution in [3.05, 3.63) is 35.4 Å². The Morgan fingerprint density at radius 3 is 2.42 bits per heavy atom. The van der Waals surface area contributed by atoms with Crippen molar-refractivity contribution in [3.63, 3.8) is 0 Å². The van der Waals surface area contributed by atoms with Crippen molar-refractivity contribution in [2.75, 3.05) is 26.2 Å². The Kier molecular flexibility index (Phi) is 7.91. The van der Waals surface area contributed by atoms with Crippen LogP contribution in [0.5, 0.6) is 0 Å². The number of carbonyl (C=O) groups excluding carboxylic acids is 2. The molecule has 2 rings (SSSR count). The van der Waals surface area contributed by atoms with Gasteiger partial charge in [0.15, 0.2) is 0 Å². The number of amides is 2. The first-order chi connectivity index (χ1) is 12.5. The minimum atomic E-state index is -0.573. The molecule has 0 saturated carbocycles. The third-order valence-electron chi connectivity index (χ3n) is 4.60. The van der Waals surface area contributed by atoms with Crippen LogP contribution >= 0.6 is 0 Å². The maximum absolute atomic E-state index is 11.9. The van der Waals surface area contributed by atoms with Crippen molar-refractivity contribution < 1.29 is 14.3 Å². The third-order valence-corrected chi connectivity index (χ3v) is 4.60. The van der Waals surface area contributed by atoms with Crippen LogP contribution in [-0.2, 0) is 22.6 Å². The molecule has 2 N–H and O–H groups in total. The highest BCUT2D eigenvalue weighted by Gasteiger charge is 2.22. The molecule has 1 aliphatic rings. The minimum Gasteiger partial charge on any atom is -0.450 e. The van der Waals surface area contributed by atoms with Crippen LogP contribution in [0.1, 0.15) is 38.3 Å². The second-order valence-electron chi connectivity index (χ2n) is 7.26. The van der Waals surface area contributed by atoms with E-state index >= 15 is 0 Å². The molecule has 26 heavy (non-hydrogen) atoms. The molecule has 6 heteroatoms. The zero-order valence-electron chi connectivity index (χ0n) is 16.1. The van der Waals surface area contributed by atoms with E-state index in [9.17, 15) is 9.59 Å². The van der Waals surface area contributed by atoms with Crippen LogP contribution in [0, 0.1) is 11.8 Å². The minimum absolute atomic E-state index is 0.0812. The number of piperidine rings is 1. The van der Waals surface area contributed by atoms with E-state index in [0.717, 1.165) is 37.0 Å². The van der Waals surface area contributed by atoms with Gasteiger partial charge in [0.1, 0.15) is 6.54 Å². The van der Waals surface area contributed by atoms with E-state index in [2.05, 4.69) is 35.4 Å². The fraction of sp³-hybridized carbons (Fsp3) is 0.600. The zero-order chi connectivity index (χ0) is 18.9. The van der Waals surface area contributed by atoms with Crippen LogP contribution in [0.2, 0.25) is 0 Å². The molecule has 6 nitrogen and oxygen atoms in total. The van der Waals surface area contributed by atoms with Crippen molar-refractivity contribution in [2.45, 2.75) is 40.3 Å². The quantitative estimate of drug-likeness (QED) is 0.783. The number of nitrogens with zero attached hydrogens (tertiary/aromatic N) is 1.